The van der Waals surface area contributed by atoms with E-state index in [2.05, 4.69) is 15.6 Å². The lowest BCUT2D eigenvalue weighted by Gasteiger charge is -2.37. The number of piperazine rings is 1. The Labute approximate surface area is 163 Å². The van der Waals surface area contributed by atoms with Gasteiger partial charge in [-0.2, -0.15) is 13.2 Å². The largest absolute Gasteiger partial charge is 0.433 e. The van der Waals surface area contributed by atoms with Crippen molar-refractivity contribution >= 4 is 17.8 Å². The molecule has 3 heterocycles. The average Bonchev–Trinajstić information content (AvgIpc) is 3.11. The van der Waals surface area contributed by atoms with Crippen LogP contribution in [0.25, 0.3) is 0 Å². The number of nitrogens with one attached hydrogen (secondary N) is 3. The number of hydrogen-bond acceptors (Lipinski definition) is 5. The number of amides is 3. The summed E-state index contributed by atoms with van der Waals surface area (Å²) >= 11 is 0. The summed E-state index contributed by atoms with van der Waals surface area (Å²) in [5.74, 6) is -0.581. The summed E-state index contributed by atoms with van der Waals surface area (Å²) in [5.41, 5.74) is -0.713. The number of hydrogen-bond donors (Lipinski definition) is 3. The molecule has 0 saturated carbocycles. The molecular formula is C17H20F4N6O2. The number of carbonyl (C=O) groups excluding carboxylic acids is 2. The van der Waals surface area contributed by atoms with E-state index in [-0.39, 0.29) is 45.0 Å². The van der Waals surface area contributed by atoms with Gasteiger partial charge in [-0.15, -0.1) is 0 Å². The van der Waals surface area contributed by atoms with Crippen LogP contribution in [0.5, 0.6) is 0 Å². The third-order valence-electron chi connectivity index (χ3n) is 4.74. The van der Waals surface area contributed by atoms with Gasteiger partial charge >= 0.3 is 12.2 Å². The minimum Gasteiger partial charge on any atom is -0.338 e. The molecule has 2 fully saturated rings. The number of amidine groups is 1. The highest BCUT2D eigenvalue weighted by Crippen LogP contribution is 2.27. The van der Waals surface area contributed by atoms with Crippen LogP contribution in [0.15, 0.2) is 18.3 Å². The molecule has 0 aromatic carbocycles. The van der Waals surface area contributed by atoms with Crippen LogP contribution in [0.1, 0.15) is 17.7 Å². The second kappa shape index (κ2) is 8.31. The summed E-state index contributed by atoms with van der Waals surface area (Å²) < 4.78 is 51.1. The van der Waals surface area contributed by atoms with Crippen LogP contribution in [-0.4, -0.2) is 71.0 Å². The highest BCUT2D eigenvalue weighted by Gasteiger charge is 2.39. The Kier molecular flexibility index (Phi) is 6.01. The quantitative estimate of drug-likeness (QED) is 0.643. The molecule has 2 atom stereocenters. The summed E-state index contributed by atoms with van der Waals surface area (Å²) in [6.07, 6.45) is -4.43. The molecule has 158 valence electrons. The molecule has 2 unspecified atom stereocenters. The molecular weight excluding hydrogens is 396 g/mol. The van der Waals surface area contributed by atoms with E-state index in [9.17, 15) is 27.2 Å². The predicted molar refractivity (Wildman–Crippen MR) is 93.8 cm³/mol. The van der Waals surface area contributed by atoms with Gasteiger partial charge < -0.3 is 15.5 Å². The number of aromatic nitrogens is 1. The van der Waals surface area contributed by atoms with E-state index in [0.29, 0.717) is 5.56 Å². The van der Waals surface area contributed by atoms with E-state index in [1.54, 1.807) is 0 Å². The number of nitrogens with zero attached hydrogens (tertiary/aromatic N) is 3. The average molecular weight is 416 g/mol. The van der Waals surface area contributed by atoms with Crippen molar-refractivity contribution in [2.75, 3.05) is 26.2 Å². The molecule has 1 aromatic rings. The third-order valence-corrected chi connectivity index (χ3v) is 4.74. The topological polar surface area (TPSA) is 101 Å². The highest BCUT2D eigenvalue weighted by atomic mass is 19.4. The number of rotatable bonds is 3. The van der Waals surface area contributed by atoms with E-state index in [1.165, 1.54) is 11.0 Å². The first-order valence-corrected chi connectivity index (χ1v) is 8.97. The van der Waals surface area contributed by atoms with Gasteiger partial charge in [-0.3, -0.25) is 20.1 Å². The van der Waals surface area contributed by atoms with Crippen molar-refractivity contribution in [3.63, 3.8) is 0 Å². The van der Waals surface area contributed by atoms with Gasteiger partial charge in [-0.1, -0.05) is 6.07 Å². The Hall–Kier alpha value is -2.76. The van der Waals surface area contributed by atoms with Gasteiger partial charge in [0.2, 0.25) is 5.91 Å². The Morgan fingerprint density at radius 1 is 1.34 bits per heavy atom. The second-order valence-corrected chi connectivity index (χ2v) is 6.84. The van der Waals surface area contributed by atoms with Gasteiger partial charge in [0.25, 0.3) is 0 Å². The van der Waals surface area contributed by atoms with Crippen LogP contribution in [0.3, 0.4) is 0 Å². The van der Waals surface area contributed by atoms with Crippen LogP contribution in [0.2, 0.25) is 0 Å². The lowest BCUT2D eigenvalue weighted by Crippen LogP contribution is -2.64. The Bertz CT molecular complexity index is 785. The van der Waals surface area contributed by atoms with Gasteiger partial charge in [0.1, 0.15) is 23.7 Å². The van der Waals surface area contributed by atoms with Gasteiger partial charge in [-0.05, 0) is 18.1 Å². The fourth-order valence-electron chi connectivity index (χ4n) is 3.24. The van der Waals surface area contributed by atoms with Crippen molar-refractivity contribution in [1.82, 2.24) is 25.4 Å². The van der Waals surface area contributed by atoms with Crippen LogP contribution >= 0.6 is 0 Å². The van der Waals surface area contributed by atoms with Crippen molar-refractivity contribution in [2.24, 2.45) is 0 Å². The molecule has 1 aromatic heterocycles. The molecule has 2 saturated heterocycles. The van der Waals surface area contributed by atoms with Crippen LogP contribution in [-0.2, 0) is 17.5 Å². The molecule has 2 aliphatic heterocycles. The molecule has 8 nitrogen and oxygen atoms in total. The zero-order valence-electron chi connectivity index (χ0n) is 15.3. The number of likely N-dealkylation sites (tertiary alicyclic amines) is 1. The zero-order valence-corrected chi connectivity index (χ0v) is 15.3. The van der Waals surface area contributed by atoms with Crippen LogP contribution in [0.4, 0.5) is 22.4 Å². The van der Waals surface area contributed by atoms with Gasteiger partial charge in [0, 0.05) is 25.8 Å². The molecule has 29 heavy (non-hydrogen) atoms. The van der Waals surface area contributed by atoms with E-state index >= 15 is 0 Å². The van der Waals surface area contributed by atoms with Crippen molar-refractivity contribution in [3.8, 4) is 0 Å². The van der Waals surface area contributed by atoms with Crippen LogP contribution in [0, 0.1) is 5.41 Å². The molecule has 3 amide bonds. The number of halogens is 4. The first-order valence-electron chi connectivity index (χ1n) is 8.97. The van der Waals surface area contributed by atoms with Crippen molar-refractivity contribution in [2.45, 2.75) is 31.4 Å². The van der Waals surface area contributed by atoms with E-state index in [1.807, 2.05) is 0 Å². The normalized spacial score (nSPS) is 22.7. The Morgan fingerprint density at radius 2 is 2.10 bits per heavy atom. The molecule has 3 N–H and O–H groups in total. The fraction of sp³-hybridized carbons (Fsp3) is 0.529. The molecule has 2 aliphatic rings. The lowest BCUT2D eigenvalue weighted by atomic mass is 10.1. The monoisotopic (exact) mass is 416 g/mol. The van der Waals surface area contributed by atoms with Crippen molar-refractivity contribution in [1.29, 1.82) is 5.41 Å². The number of urea groups is 1. The zero-order chi connectivity index (χ0) is 21.2. The maximum atomic E-state index is 13.4. The minimum absolute atomic E-state index is 0.0463. The molecule has 0 aliphatic carbocycles. The predicted octanol–water partition coefficient (Wildman–Crippen LogP) is 1.13. The first kappa shape index (κ1) is 21.0. The Balaban J connectivity index is 1.65. The maximum Gasteiger partial charge on any atom is 0.433 e. The maximum absolute atomic E-state index is 13.4. The van der Waals surface area contributed by atoms with Crippen molar-refractivity contribution in [3.05, 3.63) is 29.6 Å². The van der Waals surface area contributed by atoms with Gasteiger partial charge in [-0.25, -0.2) is 9.18 Å². The first-order chi connectivity index (χ1) is 13.7. The summed E-state index contributed by atoms with van der Waals surface area (Å²) in [6, 6.07) is 0.271. The summed E-state index contributed by atoms with van der Waals surface area (Å²) in [5, 5.41) is 13.4. The molecule has 12 heteroatoms. The fourth-order valence-corrected chi connectivity index (χ4v) is 3.24. The molecule has 0 bridgehead atoms. The van der Waals surface area contributed by atoms with E-state index < -0.39 is 36.0 Å². The number of alkyl halides is 4. The molecule has 0 radical (unpaired) electrons. The highest BCUT2D eigenvalue weighted by molar-refractivity contribution is 6.02. The van der Waals surface area contributed by atoms with Crippen LogP contribution < -0.4 is 10.6 Å². The summed E-state index contributed by atoms with van der Waals surface area (Å²) in [6.45, 7) is 0.263. The van der Waals surface area contributed by atoms with Gasteiger partial charge in [0.15, 0.2) is 0 Å². The Morgan fingerprint density at radius 3 is 2.69 bits per heavy atom. The third kappa shape index (κ3) is 4.81. The standard InChI is InChI=1S/C17H20F4N6O2/c18-11-3-4-26(9-11)15(28)12-7-23-8-14(22)27(12)16(29)25-6-10-1-2-13(24-5-10)17(19,20)21/h1-2,5,11-12,22-23H,3-4,6-9H2,(H,25,29). The minimum atomic E-state index is -4.56. The van der Waals surface area contributed by atoms with Gasteiger partial charge in [0.05, 0.1) is 13.1 Å². The molecule has 3 rings (SSSR count). The summed E-state index contributed by atoms with van der Waals surface area (Å²) in [4.78, 5) is 30.9. The van der Waals surface area contributed by atoms with E-state index in [4.69, 9.17) is 5.41 Å². The van der Waals surface area contributed by atoms with E-state index in [0.717, 1.165) is 17.2 Å². The molecule has 0 spiro atoms. The SMILES string of the molecule is N=C1CNCC(C(=O)N2CCC(F)C2)N1C(=O)NCc1ccc(C(F)(F)F)nc1. The lowest BCUT2D eigenvalue weighted by molar-refractivity contribution is -0.141. The second-order valence-electron chi connectivity index (χ2n) is 6.84. The summed E-state index contributed by atoms with van der Waals surface area (Å²) in [7, 11) is 0. The van der Waals surface area contributed by atoms with Crippen molar-refractivity contribution < 1.29 is 27.2 Å². The number of carbonyl (C=O) groups is 2. The number of pyridine rings is 1. The smallest absolute Gasteiger partial charge is 0.338 e.